The topological polar surface area (TPSA) is 60.9 Å². The summed E-state index contributed by atoms with van der Waals surface area (Å²) in [6.07, 6.45) is 1.64. The summed E-state index contributed by atoms with van der Waals surface area (Å²) in [5.41, 5.74) is 1.91. The lowest BCUT2D eigenvalue weighted by Crippen LogP contribution is -2.43. The van der Waals surface area contributed by atoms with Crippen molar-refractivity contribution in [2.24, 2.45) is 0 Å². The van der Waals surface area contributed by atoms with Crippen molar-refractivity contribution in [1.82, 2.24) is 9.88 Å². The molecule has 1 amide bonds. The minimum atomic E-state index is 0.0128. The van der Waals surface area contributed by atoms with Crippen molar-refractivity contribution in [3.8, 4) is 16.7 Å². The number of ether oxygens (including phenoxy) is 3. The number of amides is 1. The Hall–Kier alpha value is -2.80. The second kappa shape index (κ2) is 8.69. The molecule has 1 aliphatic heterocycles. The number of likely N-dealkylation sites (tertiary alicyclic amines) is 1. The van der Waals surface area contributed by atoms with E-state index in [1.165, 1.54) is 11.3 Å². The maximum Gasteiger partial charge on any atom is 0.274 e. The van der Waals surface area contributed by atoms with Crippen LogP contribution >= 0.6 is 11.3 Å². The molecule has 0 saturated carbocycles. The van der Waals surface area contributed by atoms with Crippen molar-refractivity contribution in [3.05, 3.63) is 48.0 Å². The molecular weight excluding hydrogens is 388 g/mol. The quantitative estimate of drug-likeness (QED) is 0.611. The second-order valence-electron chi connectivity index (χ2n) is 7.07. The molecule has 6 nitrogen and oxygen atoms in total. The van der Waals surface area contributed by atoms with E-state index in [-0.39, 0.29) is 18.6 Å². The summed E-state index contributed by atoms with van der Waals surface area (Å²) in [5.74, 6) is 1.56. The van der Waals surface area contributed by atoms with E-state index in [1.54, 1.807) is 7.11 Å². The average molecular weight is 413 g/mol. The fourth-order valence-electron chi connectivity index (χ4n) is 3.38. The number of thiazole rings is 1. The van der Waals surface area contributed by atoms with Gasteiger partial charge in [0.25, 0.3) is 11.1 Å². The van der Waals surface area contributed by atoms with E-state index < -0.39 is 0 Å². The Bertz CT molecular complexity index is 995. The normalized spacial score (nSPS) is 14.8. The highest BCUT2D eigenvalue weighted by molar-refractivity contribution is 7.20. The Morgan fingerprint density at radius 3 is 2.76 bits per heavy atom. The van der Waals surface area contributed by atoms with Crippen LogP contribution in [-0.4, -0.2) is 48.7 Å². The van der Waals surface area contributed by atoms with Gasteiger partial charge in [0.15, 0.2) is 6.61 Å². The van der Waals surface area contributed by atoms with Gasteiger partial charge in [-0.25, -0.2) is 4.98 Å². The summed E-state index contributed by atoms with van der Waals surface area (Å²) in [6, 6.07) is 13.6. The molecule has 2 heterocycles. The van der Waals surface area contributed by atoms with Crippen LogP contribution in [0.25, 0.3) is 10.2 Å². The van der Waals surface area contributed by atoms with E-state index in [2.05, 4.69) is 4.98 Å². The van der Waals surface area contributed by atoms with Gasteiger partial charge in [0, 0.05) is 32.0 Å². The number of methoxy groups -OCH3 is 1. The van der Waals surface area contributed by atoms with E-state index in [0.717, 1.165) is 40.1 Å². The third-order valence-corrected chi connectivity index (χ3v) is 6.01. The maximum absolute atomic E-state index is 12.5. The molecule has 0 unspecified atom stereocenters. The highest BCUT2D eigenvalue weighted by Gasteiger charge is 2.25. The first-order valence-electron chi connectivity index (χ1n) is 9.70. The van der Waals surface area contributed by atoms with Crippen LogP contribution in [0.4, 0.5) is 0 Å². The maximum atomic E-state index is 12.5. The largest absolute Gasteiger partial charge is 0.497 e. The molecule has 0 N–H and O–H groups in total. The van der Waals surface area contributed by atoms with Gasteiger partial charge in [-0.2, -0.15) is 0 Å². The number of carbonyl (C=O) groups is 1. The SMILES string of the molecule is COc1ccc2sc(OC3CCN(C(=O)COc4ccccc4C)CC3)nc2c1. The fourth-order valence-corrected chi connectivity index (χ4v) is 4.24. The summed E-state index contributed by atoms with van der Waals surface area (Å²) in [6.45, 7) is 3.37. The number of para-hydroxylation sites is 1. The van der Waals surface area contributed by atoms with Gasteiger partial charge in [0.1, 0.15) is 17.6 Å². The summed E-state index contributed by atoms with van der Waals surface area (Å²) in [5, 5.41) is 0.668. The lowest BCUT2D eigenvalue weighted by atomic mass is 10.1. The smallest absolute Gasteiger partial charge is 0.274 e. The predicted octanol–water partition coefficient (Wildman–Crippen LogP) is 4.06. The first-order valence-corrected chi connectivity index (χ1v) is 10.5. The van der Waals surface area contributed by atoms with Gasteiger partial charge in [-0.3, -0.25) is 4.79 Å². The molecule has 1 saturated heterocycles. The van der Waals surface area contributed by atoms with E-state index in [9.17, 15) is 4.79 Å². The lowest BCUT2D eigenvalue weighted by Gasteiger charge is -2.31. The van der Waals surface area contributed by atoms with Crippen LogP contribution in [0.2, 0.25) is 0 Å². The van der Waals surface area contributed by atoms with Crippen LogP contribution in [0.3, 0.4) is 0 Å². The van der Waals surface area contributed by atoms with Gasteiger partial charge in [-0.05, 0) is 30.7 Å². The van der Waals surface area contributed by atoms with Crippen LogP contribution in [0.1, 0.15) is 18.4 Å². The van der Waals surface area contributed by atoms with Crippen LogP contribution in [0.15, 0.2) is 42.5 Å². The molecule has 4 rings (SSSR count). The fraction of sp³-hybridized carbons (Fsp3) is 0.364. The molecule has 3 aromatic rings. The number of hydrogen-bond acceptors (Lipinski definition) is 6. The minimum Gasteiger partial charge on any atom is -0.497 e. The Balaban J connectivity index is 1.28. The number of nitrogens with zero attached hydrogens (tertiary/aromatic N) is 2. The van der Waals surface area contributed by atoms with Crippen molar-refractivity contribution in [2.75, 3.05) is 26.8 Å². The van der Waals surface area contributed by atoms with Gasteiger partial charge in [-0.1, -0.05) is 29.5 Å². The number of hydrogen-bond donors (Lipinski definition) is 0. The standard InChI is InChI=1S/C22H24N2O4S/c1-15-5-3-4-6-19(15)27-14-21(25)24-11-9-16(10-12-24)28-22-23-18-13-17(26-2)7-8-20(18)29-22/h3-8,13,16H,9-12,14H2,1-2H3. The van der Waals surface area contributed by atoms with Crippen LogP contribution in [0.5, 0.6) is 16.7 Å². The van der Waals surface area contributed by atoms with E-state index in [4.69, 9.17) is 14.2 Å². The summed E-state index contributed by atoms with van der Waals surface area (Å²) in [7, 11) is 1.64. The molecule has 29 heavy (non-hydrogen) atoms. The van der Waals surface area contributed by atoms with E-state index in [1.807, 2.05) is 54.3 Å². The zero-order valence-corrected chi connectivity index (χ0v) is 17.4. The second-order valence-corrected chi connectivity index (χ2v) is 8.06. The number of piperidine rings is 1. The number of aryl methyl sites for hydroxylation is 1. The molecule has 1 fully saturated rings. The molecule has 1 aromatic heterocycles. The van der Waals surface area contributed by atoms with Gasteiger partial charge in [-0.15, -0.1) is 0 Å². The number of benzene rings is 2. The summed E-state index contributed by atoms with van der Waals surface area (Å²) < 4.78 is 18.1. The van der Waals surface area contributed by atoms with Crippen LogP contribution in [-0.2, 0) is 4.79 Å². The van der Waals surface area contributed by atoms with E-state index >= 15 is 0 Å². The molecule has 1 aliphatic rings. The van der Waals surface area contributed by atoms with Crippen molar-refractivity contribution in [3.63, 3.8) is 0 Å². The molecular formula is C22H24N2O4S. The number of rotatable bonds is 6. The molecule has 0 bridgehead atoms. The molecule has 0 spiro atoms. The first-order chi connectivity index (χ1) is 14.1. The Kier molecular flexibility index (Phi) is 5.85. The van der Waals surface area contributed by atoms with Crippen LogP contribution < -0.4 is 14.2 Å². The molecule has 0 radical (unpaired) electrons. The lowest BCUT2D eigenvalue weighted by molar-refractivity contribution is -0.135. The number of carbonyl (C=O) groups excluding carboxylic acids is 1. The Labute approximate surface area is 174 Å². The van der Waals surface area contributed by atoms with Crippen molar-refractivity contribution >= 4 is 27.5 Å². The minimum absolute atomic E-state index is 0.0128. The van der Waals surface area contributed by atoms with Crippen molar-refractivity contribution < 1.29 is 19.0 Å². The van der Waals surface area contributed by atoms with Gasteiger partial charge in [0.05, 0.1) is 17.3 Å². The van der Waals surface area contributed by atoms with Crippen LogP contribution in [0, 0.1) is 6.92 Å². The third-order valence-electron chi connectivity index (χ3n) is 5.08. The first kappa shape index (κ1) is 19.5. The van der Waals surface area contributed by atoms with E-state index in [0.29, 0.717) is 18.3 Å². The number of aromatic nitrogens is 1. The van der Waals surface area contributed by atoms with Gasteiger partial charge < -0.3 is 19.1 Å². The molecule has 0 aliphatic carbocycles. The predicted molar refractivity (Wildman–Crippen MR) is 113 cm³/mol. The molecule has 7 heteroatoms. The molecule has 0 atom stereocenters. The van der Waals surface area contributed by atoms with Crippen molar-refractivity contribution in [1.29, 1.82) is 0 Å². The van der Waals surface area contributed by atoms with Gasteiger partial charge >= 0.3 is 0 Å². The zero-order chi connectivity index (χ0) is 20.2. The molecule has 2 aromatic carbocycles. The summed E-state index contributed by atoms with van der Waals surface area (Å²) in [4.78, 5) is 18.9. The highest BCUT2D eigenvalue weighted by atomic mass is 32.1. The van der Waals surface area contributed by atoms with Crippen molar-refractivity contribution in [2.45, 2.75) is 25.9 Å². The molecule has 152 valence electrons. The Morgan fingerprint density at radius 2 is 2.00 bits per heavy atom. The summed E-state index contributed by atoms with van der Waals surface area (Å²) >= 11 is 1.53. The third kappa shape index (κ3) is 4.62. The average Bonchev–Trinajstić information content (AvgIpc) is 3.14. The Morgan fingerprint density at radius 1 is 1.21 bits per heavy atom. The monoisotopic (exact) mass is 412 g/mol. The van der Waals surface area contributed by atoms with Gasteiger partial charge in [0.2, 0.25) is 0 Å². The zero-order valence-electron chi connectivity index (χ0n) is 16.6. The number of fused-ring (bicyclic) bond motifs is 1. The highest BCUT2D eigenvalue weighted by Crippen LogP contribution is 2.32.